The highest BCUT2D eigenvalue weighted by molar-refractivity contribution is 5.92. The molecule has 5 nitrogen and oxygen atoms in total. The monoisotopic (exact) mass is 413 g/mol. The average molecular weight is 413 g/mol. The molecule has 30 heavy (non-hydrogen) atoms. The van der Waals surface area contributed by atoms with Gasteiger partial charge in [0.1, 0.15) is 11.6 Å². The number of fused-ring (bicyclic) bond motifs is 1. The van der Waals surface area contributed by atoms with E-state index in [0.29, 0.717) is 11.6 Å². The van der Waals surface area contributed by atoms with Gasteiger partial charge in [-0.15, -0.1) is 0 Å². The summed E-state index contributed by atoms with van der Waals surface area (Å²) >= 11 is 0. The van der Waals surface area contributed by atoms with Crippen LogP contribution >= 0.6 is 0 Å². The molecule has 3 N–H and O–H groups in total. The van der Waals surface area contributed by atoms with Crippen LogP contribution in [0.1, 0.15) is 36.8 Å². The second kappa shape index (κ2) is 8.92. The minimum absolute atomic E-state index is 0.0690. The van der Waals surface area contributed by atoms with Crippen LogP contribution in [0.15, 0.2) is 42.5 Å². The summed E-state index contributed by atoms with van der Waals surface area (Å²) in [5, 5.41) is 2.80. The van der Waals surface area contributed by atoms with E-state index in [1.54, 1.807) is 6.07 Å². The summed E-state index contributed by atoms with van der Waals surface area (Å²) < 4.78 is 26.6. The summed E-state index contributed by atoms with van der Waals surface area (Å²) in [6.45, 7) is 0. The first-order valence-corrected chi connectivity index (χ1v) is 10.4. The fourth-order valence-corrected chi connectivity index (χ4v) is 4.67. The smallest absolute Gasteiger partial charge is 0.237 e. The van der Waals surface area contributed by atoms with Crippen LogP contribution < -0.4 is 16.2 Å². The van der Waals surface area contributed by atoms with Crippen LogP contribution in [0.25, 0.3) is 0 Å². The van der Waals surface area contributed by atoms with E-state index in [9.17, 15) is 18.4 Å². The number of rotatable bonds is 5. The van der Waals surface area contributed by atoms with E-state index < -0.39 is 11.6 Å². The van der Waals surface area contributed by atoms with Crippen molar-refractivity contribution in [2.24, 2.45) is 11.8 Å². The van der Waals surface area contributed by atoms with Crippen LogP contribution in [0.4, 0.5) is 14.5 Å². The molecule has 1 saturated heterocycles. The van der Waals surface area contributed by atoms with Gasteiger partial charge in [0, 0.05) is 23.7 Å². The normalized spacial score (nSPS) is 23.4. The van der Waals surface area contributed by atoms with E-state index in [1.165, 1.54) is 0 Å². The van der Waals surface area contributed by atoms with Crippen molar-refractivity contribution in [1.29, 1.82) is 0 Å². The molecule has 3 unspecified atom stereocenters. The lowest BCUT2D eigenvalue weighted by atomic mass is 9.72. The third kappa shape index (κ3) is 4.84. The standard InChI is InChI=1S/C23H25F2N3O2/c24-16-8-15(9-17(25)13-16)12-22(29)26-18-5-3-4-14(10-18)11-21-19-6-1-2-7-20(19)23(30)28-27-21/h3-5,8-10,13,19-21,27H,1-2,6-7,11-12H2,(H,26,29)(H,28,30). The molecule has 2 aliphatic rings. The molecule has 1 heterocycles. The van der Waals surface area contributed by atoms with Crippen molar-refractivity contribution in [3.63, 3.8) is 0 Å². The van der Waals surface area contributed by atoms with Gasteiger partial charge in [0.25, 0.3) is 0 Å². The summed E-state index contributed by atoms with van der Waals surface area (Å²) in [5.41, 5.74) is 7.94. The number of carbonyl (C=O) groups excluding carboxylic acids is 2. The van der Waals surface area contributed by atoms with Gasteiger partial charge in [0.15, 0.2) is 0 Å². The Kier molecular flexibility index (Phi) is 6.08. The highest BCUT2D eigenvalue weighted by Gasteiger charge is 2.39. The Hall–Kier alpha value is -2.80. The van der Waals surface area contributed by atoms with Gasteiger partial charge in [-0.25, -0.2) is 14.2 Å². The largest absolute Gasteiger partial charge is 0.326 e. The number of carbonyl (C=O) groups is 2. The van der Waals surface area contributed by atoms with Gasteiger partial charge < -0.3 is 5.32 Å². The predicted molar refractivity (Wildman–Crippen MR) is 109 cm³/mol. The minimum atomic E-state index is -0.701. The lowest BCUT2D eigenvalue weighted by molar-refractivity contribution is -0.133. The molecule has 0 radical (unpaired) electrons. The molecule has 2 aromatic carbocycles. The maximum absolute atomic E-state index is 13.3. The molecule has 1 saturated carbocycles. The fourth-order valence-electron chi connectivity index (χ4n) is 4.67. The third-order valence-electron chi connectivity index (χ3n) is 6.01. The van der Waals surface area contributed by atoms with E-state index in [-0.39, 0.29) is 35.8 Å². The molecule has 1 aliphatic carbocycles. The molecule has 4 rings (SSSR count). The molecule has 0 bridgehead atoms. The fraction of sp³-hybridized carbons (Fsp3) is 0.391. The van der Waals surface area contributed by atoms with Crippen molar-refractivity contribution in [2.45, 2.75) is 44.6 Å². The molecule has 2 amide bonds. The van der Waals surface area contributed by atoms with E-state index in [1.807, 2.05) is 18.2 Å². The van der Waals surface area contributed by atoms with Gasteiger partial charge in [0.05, 0.1) is 6.42 Å². The number of halogens is 2. The first kappa shape index (κ1) is 20.5. The van der Waals surface area contributed by atoms with Gasteiger partial charge in [-0.1, -0.05) is 25.0 Å². The minimum Gasteiger partial charge on any atom is -0.326 e. The first-order chi connectivity index (χ1) is 14.5. The zero-order valence-corrected chi connectivity index (χ0v) is 16.6. The van der Waals surface area contributed by atoms with Gasteiger partial charge in [-0.3, -0.25) is 15.0 Å². The second-order valence-electron chi connectivity index (χ2n) is 8.20. The molecule has 0 spiro atoms. The summed E-state index contributed by atoms with van der Waals surface area (Å²) in [4.78, 5) is 24.4. The van der Waals surface area contributed by atoms with E-state index in [2.05, 4.69) is 16.2 Å². The Morgan fingerprint density at radius 3 is 2.60 bits per heavy atom. The van der Waals surface area contributed by atoms with Crippen LogP contribution in [-0.4, -0.2) is 17.9 Å². The number of hydrogen-bond acceptors (Lipinski definition) is 3. The average Bonchev–Trinajstić information content (AvgIpc) is 2.70. The molecule has 3 atom stereocenters. The van der Waals surface area contributed by atoms with Crippen molar-refractivity contribution in [1.82, 2.24) is 10.9 Å². The molecule has 2 fully saturated rings. The maximum atomic E-state index is 13.3. The number of amides is 2. The van der Waals surface area contributed by atoms with Crippen molar-refractivity contribution < 1.29 is 18.4 Å². The molecule has 1 aliphatic heterocycles. The molecule has 0 aromatic heterocycles. The summed E-state index contributed by atoms with van der Waals surface area (Å²) in [5.74, 6) is -1.27. The SMILES string of the molecule is O=C(Cc1cc(F)cc(F)c1)Nc1cccc(CC2NNC(=O)C3CCCCC23)c1. The van der Waals surface area contributed by atoms with Crippen LogP contribution in [0.2, 0.25) is 0 Å². The highest BCUT2D eigenvalue weighted by Crippen LogP contribution is 2.35. The number of hydrogen-bond donors (Lipinski definition) is 3. The summed E-state index contributed by atoms with van der Waals surface area (Å²) in [6.07, 6.45) is 4.84. The maximum Gasteiger partial charge on any atom is 0.237 e. The van der Waals surface area contributed by atoms with Gasteiger partial charge in [-0.2, -0.15) is 0 Å². The van der Waals surface area contributed by atoms with Crippen LogP contribution in [0, 0.1) is 23.5 Å². The van der Waals surface area contributed by atoms with Crippen LogP contribution in [0.3, 0.4) is 0 Å². The van der Waals surface area contributed by atoms with Crippen molar-refractivity contribution in [2.75, 3.05) is 5.32 Å². The van der Waals surface area contributed by atoms with Gasteiger partial charge >= 0.3 is 0 Å². The van der Waals surface area contributed by atoms with Crippen molar-refractivity contribution >= 4 is 17.5 Å². The van der Waals surface area contributed by atoms with Crippen molar-refractivity contribution in [3.05, 3.63) is 65.2 Å². The van der Waals surface area contributed by atoms with E-state index >= 15 is 0 Å². The molecule has 2 aromatic rings. The Labute approximate surface area is 174 Å². The van der Waals surface area contributed by atoms with Crippen LogP contribution in [0.5, 0.6) is 0 Å². The Bertz CT molecular complexity index is 930. The Morgan fingerprint density at radius 2 is 1.80 bits per heavy atom. The zero-order chi connectivity index (χ0) is 21.1. The third-order valence-corrected chi connectivity index (χ3v) is 6.01. The van der Waals surface area contributed by atoms with Crippen molar-refractivity contribution in [3.8, 4) is 0 Å². The number of nitrogens with one attached hydrogen (secondary N) is 3. The lowest BCUT2D eigenvalue weighted by Crippen LogP contribution is -2.60. The van der Waals surface area contributed by atoms with Crippen LogP contribution in [-0.2, 0) is 22.4 Å². The second-order valence-corrected chi connectivity index (χ2v) is 8.20. The Balaban J connectivity index is 1.40. The number of anilines is 1. The number of hydrazine groups is 1. The molecular weight excluding hydrogens is 388 g/mol. The van der Waals surface area contributed by atoms with Gasteiger partial charge in [0.2, 0.25) is 11.8 Å². The first-order valence-electron chi connectivity index (χ1n) is 10.4. The zero-order valence-electron chi connectivity index (χ0n) is 16.6. The number of benzene rings is 2. The summed E-state index contributed by atoms with van der Waals surface area (Å²) in [7, 11) is 0. The lowest BCUT2D eigenvalue weighted by Gasteiger charge is -2.41. The van der Waals surface area contributed by atoms with E-state index in [0.717, 1.165) is 55.9 Å². The summed E-state index contributed by atoms with van der Waals surface area (Å²) in [6, 6.07) is 10.8. The molecule has 158 valence electrons. The quantitative estimate of drug-likeness (QED) is 0.703. The highest BCUT2D eigenvalue weighted by atomic mass is 19.1. The molecule has 7 heteroatoms. The molecular formula is C23H25F2N3O2. The van der Waals surface area contributed by atoms with E-state index in [4.69, 9.17) is 0 Å². The predicted octanol–water partition coefficient (Wildman–Crippen LogP) is 3.50. The topological polar surface area (TPSA) is 70.2 Å². The van der Waals surface area contributed by atoms with Gasteiger partial charge in [-0.05, 0) is 60.6 Å². The Morgan fingerprint density at radius 1 is 1.03 bits per heavy atom.